The Labute approximate surface area is 57.9 Å². The SMILES string of the molecule is CN([SiH3])[SiH2]C(C)(C)C. The van der Waals surface area contributed by atoms with Gasteiger partial charge in [-0.1, -0.05) is 20.8 Å². The maximum Gasteiger partial charge on any atom is 0.0922 e. The van der Waals surface area contributed by atoms with Gasteiger partial charge in [0.15, 0.2) is 0 Å². The van der Waals surface area contributed by atoms with Crippen LogP contribution in [0.2, 0.25) is 5.04 Å². The second kappa shape index (κ2) is 2.80. The highest BCUT2D eigenvalue weighted by Gasteiger charge is 2.10. The molecule has 0 atom stereocenters. The number of hydrogen-bond acceptors (Lipinski definition) is 1. The van der Waals surface area contributed by atoms with Crippen molar-refractivity contribution < 1.29 is 0 Å². The van der Waals surface area contributed by atoms with Crippen LogP contribution in [0.3, 0.4) is 0 Å². The van der Waals surface area contributed by atoms with Crippen molar-refractivity contribution in [3.05, 3.63) is 0 Å². The zero-order valence-corrected chi connectivity index (χ0v) is 10.1. The molecule has 0 saturated carbocycles. The van der Waals surface area contributed by atoms with Gasteiger partial charge < -0.3 is 4.23 Å². The Morgan fingerprint density at radius 1 is 1.38 bits per heavy atom. The molecular weight excluding hydrogens is 130 g/mol. The zero-order chi connectivity index (χ0) is 6.78. The van der Waals surface area contributed by atoms with Crippen LogP contribution in [0.1, 0.15) is 20.8 Å². The number of rotatable bonds is 1. The molecule has 0 fully saturated rings. The molecule has 8 heavy (non-hydrogen) atoms. The van der Waals surface area contributed by atoms with Crippen molar-refractivity contribution in [1.29, 1.82) is 0 Å². The molecule has 0 aliphatic rings. The molecule has 0 rings (SSSR count). The minimum atomic E-state index is 0.0795. The second-order valence-corrected chi connectivity index (χ2v) is 10.3. The monoisotopic (exact) mass is 147 g/mol. The van der Waals surface area contributed by atoms with E-state index in [4.69, 9.17) is 0 Å². The fourth-order valence-electron chi connectivity index (χ4n) is 0.949. The van der Waals surface area contributed by atoms with Crippen molar-refractivity contribution in [2.45, 2.75) is 25.8 Å². The van der Waals surface area contributed by atoms with Gasteiger partial charge in [0, 0.05) is 0 Å². The third-order valence-corrected chi connectivity index (χ3v) is 3.32. The van der Waals surface area contributed by atoms with Gasteiger partial charge in [-0.2, -0.15) is 0 Å². The van der Waals surface area contributed by atoms with E-state index in [0.717, 1.165) is 0 Å². The summed E-state index contributed by atoms with van der Waals surface area (Å²) in [5.74, 6) is 0. The summed E-state index contributed by atoms with van der Waals surface area (Å²) in [7, 11) is 3.55. The Bertz CT molecular complexity index is 65.3. The van der Waals surface area contributed by atoms with Crippen LogP contribution in [0.4, 0.5) is 0 Å². The van der Waals surface area contributed by atoms with Crippen LogP contribution >= 0.6 is 0 Å². The van der Waals surface area contributed by atoms with Gasteiger partial charge >= 0.3 is 0 Å². The predicted octanol–water partition coefficient (Wildman–Crippen LogP) is -0.499. The summed E-state index contributed by atoms with van der Waals surface area (Å²) in [5.41, 5.74) is 0. The molecule has 0 aromatic carbocycles. The van der Waals surface area contributed by atoms with E-state index >= 15 is 0 Å². The molecular formula is C5H17NSi2. The van der Waals surface area contributed by atoms with Crippen LogP contribution in [0.25, 0.3) is 0 Å². The average Bonchev–Trinajstić information content (AvgIpc) is 1.21. The Balaban J connectivity index is 3.39. The largest absolute Gasteiger partial charge is 0.360 e. The van der Waals surface area contributed by atoms with E-state index in [1.54, 1.807) is 0 Å². The van der Waals surface area contributed by atoms with Crippen LogP contribution in [0.5, 0.6) is 0 Å². The van der Waals surface area contributed by atoms with E-state index in [2.05, 4.69) is 32.0 Å². The highest BCUT2D eigenvalue weighted by atomic mass is 28.3. The molecule has 3 heteroatoms. The van der Waals surface area contributed by atoms with Gasteiger partial charge in [-0.05, 0) is 12.1 Å². The summed E-state index contributed by atoms with van der Waals surface area (Å²) in [6, 6.07) is 0. The van der Waals surface area contributed by atoms with E-state index in [1.807, 2.05) is 0 Å². The van der Waals surface area contributed by atoms with Gasteiger partial charge in [-0.15, -0.1) is 0 Å². The summed E-state index contributed by atoms with van der Waals surface area (Å²) in [4.78, 5) is 0. The molecule has 0 amide bonds. The van der Waals surface area contributed by atoms with Gasteiger partial charge in [-0.25, -0.2) is 0 Å². The van der Waals surface area contributed by atoms with Gasteiger partial charge in [0.2, 0.25) is 0 Å². The molecule has 0 radical (unpaired) electrons. The Kier molecular flexibility index (Phi) is 2.94. The molecule has 1 nitrogen and oxygen atoms in total. The maximum absolute atomic E-state index is 2.49. The smallest absolute Gasteiger partial charge is 0.0922 e. The molecule has 0 saturated heterocycles. The van der Waals surface area contributed by atoms with E-state index in [1.165, 1.54) is 10.4 Å². The van der Waals surface area contributed by atoms with E-state index in [9.17, 15) is 0 Å². The molecule has 0 aliphatic carbocycles. The molecule has 0 bridgehead atoms. The van der Waals surface area contributed by atoms with Crippen LogP contribution < -0.4 is 0 Å². The zero-order valence-electron chi connectivity index (χ0n) is 6.65. The second-order valence-electron chi connectivity index (χ2n) is 3.80. The van der Waals surface area contributed by atoms with Gasteiger partial charge in [0.25, 0.3) is 0 Å². The van der Waals surface area contributed by atoms with Crippen molar-refractivity contribution in [3.8, 4) is 0 Å². The van der Waals surface area contributed by atoms with E-state index in [0.29, 0.717) is 5.04 Å². The molecule has 0 aromatic heterocycles. The standard InChI is InChI=1S/C5H17NSi2/c1-5(2,3)8-6(4)7/h8H2,1-4,7H3. The first-order valence-corrected chi connectivity index (χ1v) is 5.30. The molecule has 0 aliphatic heterocycles. The van der Waals surface area contributed by atoms with Crippen LogP contribution in [0.15, 0.2) is 0 Å². The lowest BCUT2D eigenvalue weighted by atomic mass is 10.3. The molecule has 0 aromatic rings. The van der Waals surface area contributed by atoms with Gasteiger partial charge in [0.1, 0.15) is 0 Å². The van der Waals surface area contributed by atoms with Crippen molar-refractivity contribution in [3.63, 3.8) is 0 Å². The summed E-state index contributed by atoms with van der Waals surface area (Å²) < 4.78 is 2.49. The average molecular weight is 147 g/mol. The molecule has 0 N–H and O–H groups in total. The molecule has 0 unspecified atom stereocenters. The predicted molar refractivity (Wildman–Crippen MR) is 46.0 cm³/mol. The minimum absolute atomic E-state index is 0.0795. The summed E-state index contributed by atoms with van der Waals surface area (Å²) in [6.07, 6.45) is 0. The fraction of sp³-hybridized carbons (Fsp3) is 1.00. The first kappa shape index (κ1) is 8.39. The lowest BCUT2D eigenvalue weighted by Crippen LogP contribution is -2.26. The van der Waals surface area contributed by atoms with E-state index in [-0.39, 0.29) is 9.68 Å². The summed E-state index contributed by atoms with van der Waals surface area (Å²) in [5, 5.41) is 0.622. The lowest BCUT2D eigenvalue weighted by molar-refractivity contribution is 0.693. The van der Waals surface area contributed by atoms with Crippen LogP contribution in [-0.2, 0) is 0 Å². The summed E-state index contributed by atoms with van der Waals surface area (Å²) in [6.45, 7) is 6.98. The van der Waals surface area contributed by atoms with Crippen molar-refractivity contribution in [2.75, 3.05) is 7.05 Å². The van der Waals surface area contributed by atoms with E-state index < -0.39 is 0 Å². The number of hydrogen-bond donors (Lipinski definition) is 0. The lowest BCUT2D eigenvalue weighted by Gasteiger charge is -2.21. The van der Waals surface area contributed by atoms with Gasteiger partial charge in [-0.3, -0.25) is 0 Å². The highest BCUT2D eigenvalue weighted by molar-refractivity contribution is 6.44. The Morgan fingerprint density at radius 2 is 1.75 bits per heavy atom. The van der Waals surface area contributed by atoms with Crippen molar-refractivity contribution in [1.82, 2.24) is 4.23 Å². The quantitative estimate of drug-likeness (QED) is 0.452. The molecule has 0 spiro atoms. The third-order valence-electron chi connectivity index (χ3n) is 0.791. The Morgan fingerprint density at radius 3 is 1.75 bits per heavy atom. The van der Waals surface area contributed by atoms with Crippen LogP contribution in [0, 0.1) is 0 Å². The molecule has 50 valence electrons. The summed E-state index contributed by atoms with van der Waals surface area (Å²) >= 11 is 0. The van der Waals surface area contributed by atoms with Crippen LogP contribution in [-0.4, -0.2) is 31.4 Å². The maximum atomic E-state index is 2.49. The first-order valence-electron chi connectivity index (χ1n) is 3.06. The first-order chi connectivity index (χ1) is 3.42. The highest BCUT2D eigenvalue weighted by Crippen LogP contribution is 2.19. The van der Waals surface area contributed by atoms with Crippen molar-refractivity contribution in [2.24, 2.45) is 0 Å². The number of nitrogens with zero attached hydrogens (tertiary/aromatic N) is 1. The normalized spacial score (nSPS) is 14.6. The fourth-order valence-corrected chi connectivity index (χ4v) is 5.69. The minimum Gasteiger partial charge on any atom is -0.360 e. The molecule has 0 heterocycles. The topological polar surface area (TPSA) is 3.24 Å². The van der Waals surface area contributed by atoms with Crippen molar-refractivity contribution >= 4 is 20.1 Å². The Hall–Kier alpha value is 0.394. The van der Waals surface area contributed by atoms with Gasteiger partial charge in [0.05, 0.1) is 20.1 Å². The third kappa shape index (κ3) is 6.39.